The molecule has 1 aliphatic rings. The number of ether oxygens (including phenoxy) is 1. The highest BCUT2D eigenvalue weighted by Crippen LogP contribution is 2.25. The van der Waals surface area contributed by atoms with E-state index < -0.39 is 32.5 Å². The van der Waals surface area contributed by atoms with Gasteiger partial charge in [0.1, 0.15) is 16.5 Å². The van der Waals surface area contributed by atoms with Gasteiger partial charge in [0.2, 0.25) is 10.0 Å². The van der Waals surface area contributed by atoms with Crippen LogP contribution in [0.5, 0.6) is 0 Å². The van der Waals surface area contributed by atoms with Gasteiger partial charge in [-0.25, -0.2) is 17.2 Å². The molecule has 1 aromatic heterocycles. The van der Waals surface area contributed by atoms with Crippen molar-refractivity contribution in [2.24, 2.45) is 0 Å². The van der Waals surface area contributed by atoms with Crippen molar-refractivity contribution >= 4 is 32.5 Å². The number of hydrogen-bond donors (Lipinski definition) is 1. The molecule has 0 aliphatic carbocycles. The number of anilines is 1. The van der Waals surface area contributed by atoms with E-state index in [0.717, 1.165) is 16.4 Å². The maximum Gasteiger partial charge on any atom is 0.257 e. The lowest BCUT2D eigenvalue weighted by Crippen LogP contribution is -2.40. The molecule has 0 spiro atoms. The van der Waals surface area contributed by atoms with Crippen molar-refractivity contribution < 1.29 is 26.7 Å². The third-order valence-electron chi connectivity index (χ3n) is 4.99. The normalized spacial score (nSPS) is 15.2. The standard InChI is InChI=1S/C21H19F2N3O4S/c1-13-17(10-14-2-3-15(22)11-19(14)24-13)21(27)25-16-4-5-18(23)20(12-16)31(28,29)26-6-8-30-9-7-26/h2-5,10-12H,6-9H2,1H3,(H,25,27). The largest absolute Gasteiger partial charge is 0.379 e. The highest BCUT2D eigenvalue weighted by molar-refractivity contribution is 7.89. The Bertz CT molecular complexity index is 1280. The van der Waals surface area contributed by atoms with Gasteiger partial charge in [-0.3, -0.25) is 9.78 Å². The molecule has 10 heteroatoms. The molecular weight excluding hydrogens is 428 g/mol. The fraction of sp³-hybridized carbons (Fsp3) is 0.238. The number of halogens is 2. The van der Waals surface area contributed by atoms with E-state index in [0.29, 0.717) is 16.6 Å². The SMILES string of the molecule is Cc1nc2cc(F)ccc2cc1C(=O)Nc1ccc(F)c(S(=O)(=O)N2CCOCC2)c1. The van der Waals surface area contributed by atoms with Crippen LogP contribution in [0.15, 0.2) is 47.4 Å². The van der Waals surface area contributed by atoms with Crippen molar-refractivity contribution in [2.75, 3.05) is 31.6 Å². The average Bonchev–Trinajstić information content (AvgIpc) is 2.75. The fourth-order valence-corrected chi connectivity index (χ4v) is 4.87. The third kappa shape index (κ3) is 4.27. The Kier molecular flexibility index (Phi) is 5.69. The number of morpholine rings is 1. The minimum atomic E-state index is -4.08. The number of carbonyl (C=O) groups is 1. The van der Waals surface area contributed by atoms with Crippen molar-refractivity contribution in [3.8, 4) is 0 Å². The first kappa shape index (κ1) is 21.3. The zero-order valence-corrected chi connectivity index (χ0v) is 17.4. The second-order valence-electron chi connectivity index (χ2n) is 7.07. The summed E-state index contributed by atoms with van der Waals surface area (Å²) in [5.41, 5.74) is 1.14. The van der Waals surface area contributed by atoms with E-state index >= 15 is 0 Å². The molecule has 1 aliphatic heterocycles. The molecule has 0 unspecified atom stereocenters. The van der Waals surface area contributed by atoms with Crippen LogP contribution in [-0.2, 0) is 14.8 Å². The highest BCUT2D eigenvalue weighted by atomic mass is 32.2. The maximum atomic E-state index is 14.4. The molecule has 1 saturated heterocycles. The molecule has 4 rings (SSSR count). The number of amides is 1. The Morgan fingerprint density at radius 1 is 1.10 bits per heavy atom. The van der Waals surface area contributed by atoms with Crippen LogP contribution in [-0.4, -0.2) is 49.9 Å². The molecule has 0 bridgehead atoms. The summed E-state index contributed by atoms with van der Waals surface area (Å²) in [5.74, 6) is -1.88. The van der Waals surface area contributed by atoms with E-state index in [9.17, 15) is 22.0 Å². The topological polar surface area (TPSA) is 88.6 Å². The van der Waals surface area contributed by atoms with Crippen LogP contribution in [0.4, 0.5) is 14.5 Å². The van der Waals surface area contributed by atoms with Crippen molar-refractivity contribution in [2.45, 2.75) is 11.8 Å². The lowest BCUT2D eigenvalue weighted by molar-refractivity contribution is 0.0729. The van der Waals surface area contributed by atoms with Gasteiger partial charge in [0.05, 0.1) is 30.0 Å². The first-order valence-corrected chi connectivity index (χ1v) is 11.0. The van der Waals surface area contributed by atoms with Gasteiger partial charge in [0.25, 0.3) is 5.91 Å². The fourth-order valence-electron chi connectivity index (χ4n) is 3.37. The maximum absolute atomic E-state index is 14.4. The number of fused-ring (bicyclic) bond motifs is 1. The van der Waals surface area contributed by atoms with Gasteiger partial charge in [0.15, 0.2) is 0 Å². The van der Waals surface area contributed by atoms with Gasteiger partial charge in [0, 0.05) is 30.2 Å². The summed E-state index contributed by atoms with van der Waals surface area (Å²) in [6.07, 6.45) is 0. The second-order valence-corrected chi connectivity index (χ2v) is 8.98. The monoisotopic (exact) mass is 447 g/mol. The zero-order chi connectivity index (χ0) is 22.2. The van der Waals surface area contributed by atoms with Crippen LogP contribution in [0.1, 0.15) is 16.1 Å². The van der Waals surface area contributed by atoms with Gasteiger partial charge in [-0.05, 0) is 43.3 Å². The summed E-state index contributed by atoms with van der Waals surface area (Å²) >= 11 is 0. The number of aryl methyl sites for hydroxylation is 1. The molecule has 3 aromatic rings. The van der Waals surface area contributed by atoms with Crippen LogP contribution in [0.25, 0.3) is 10.9 Å². The Labute approximate surface area is 177 Å². The van der Waals surface area contributed by atoms with Crippen molar-refractivity contribution in [3.63, 3.8) is 0 Å². The van der Waals surface area contributed by atoms with Gasteiger partial charge in [-0.1, -0.05) is 0 Å². The number of carbonyl (C=O) groups excluding carboxylic acids is 1. The summed E-state index contributed by atoms with van der Waals surface area (Å²) in [6.45, 7) is 2.32. The number of pyridine rings is 1. The van der Waals surface area contributed by atoms with E-state index in [4.69, 9.17) is 4.74 Å². The van der Waals surface area contributed by atoms with Crippen LogP contribution in [0, 0.1) is 18.6 Å². The first-order chi connectivity index (χ1) is 14.8. The van der Waals surface area contributed by atoms with Crippen LogP contribution >= 0.6 is 0 Å². The molecule has 1 N–H and O–H groups in total. The summed E-state index contributed by atoms with van der Waals surface area (Å²) in [7, 11) is -4.08. The molecule has 0 atom stereocenters. The van der Waals surface area contributed by atoms with Crippen LogP contribution in [0.3, 0.4) is 0 Å². The van der Waals surface area contributed by atoms with Crippen LogP contribution in [0.2, 0.25) is 0 Å². The van der Waals surface area contributed by atoms with E-state index in [1.807, 2.05) is 0 Å². The van der Waals surface area contributed by atoms with Gasteiger partial charge in [-0.2, -0.15) is 4.31 Å². The predicted octanol–water partition coefficient (Wildman–Crippen LogP) is 3.09. The number of benzene rings is 2. The van der Waals surface area contributed by atoms with Gasteiger partial charge in [-0.15, -0.1) is 0 Å². The molecular formula is C21H19F2N3O4S. The second kappa shape index (κ2) is 8.29. The first-order valence-electron chi connectivity index (χ1n) is 9.51. The molecule has 7 nitrogen and oxygen atoms in total. The van der Waals surface area contributed by atoms with Crippen molar-refractivity contribution in [1.29, 1.82) is 0 Å². The van der Waals surface area contributed by atoms with E-state index in [1.165, 1.54) is 24.3 Å². The Balaban J connectivity index is 1.63. The molecule has 2 heterocycles. The molecule has 0 radical (unpaired) electrons. The highest BCUT2D eigenvalue weighted by Gasteiger charge is 2.29. The Morgan fingerprint density at radius 2 is 1.84 bits per heavy atom. The minimum Gasteiger partial charge on any atom is -0.379 e. The van der Waals surface area contributed by atoms with Crippen LogP contribution < -0.4 is 5.32 Å². The summed E-state index contributed by atoms with van der Waals surface area (Å²) in [6, 6.07) is 9.00. The third-order valence-corrected chi connectivity index (χ3v) is 6.91. The smallest absolute Gasteiger partial charge is 0.257 e. The number of hydrogen-bond acceptors (Lipinski definition) is 5. The number of rotatable bonds is 4. The number of nitrogens with one attached hydrogen (secondary N) is 1. The molecule has 1 amide bonds. The van der Waals surface area contributed by atoms with Crippen molar-refractivity contribution in [1.82, 2.24) is 9.29 Å². The quantitative estimate of drug-likeness (QED) is 0.664. The van der Waals surface area contributed by atoms with E-state index in [-0.39, 0.29) is 37.6 Å². The molecule has 2 aromatic carbocycles. The zero-order valence-electron chi connectivity index (χ0n) is 16.6. The molecule has 1 fully saturated rings. The molecule has 31 heavy (non-hydrogen) atoms. The summed E-state index contributed by atoms with van der Waals surface area (Å²) < 4.78 is 59.7. The minimum absolute atomic E-state index is 0.122. The Hall–Kier alpha value is -2.95. The number of aromatic nitrogens is 1. The van der Waals surface area contributed by atoms with Gasteiger partial charge >= 0.3 is 0 Å². The lowest BCUT2D eigenvalue weighted by Gasteiger charge is -2.26. The lowest BCUT2D eigenvalue weighted by atomic mass is 10.1. The van der Waals surface area contributed by atoms with Crippen molar-refractivity contribution in [3.05, 3.63) is 65.4 Å². The average molecular weight is 447 g/mol. The van der Waals surface area contributed by atoms with Gasteiger partial charge < -0.3 is 10.1 Å². The summed E-state index contributed by atoms with van der Waals surface area (Å²) in [4.78, 5) is 16.5. The summed E-state index contributed by atoms with van der Waals surface area (Å²) in [5, 5.41) is 3.17. The van der Waals surface area contributed by atoms with E-state index in [1.54, 1.807) is 13.0 Å². The van der Waals surface area contributed by atoms with E-state index in [2.05, 4.69) is 10.3 Å². The molecule has 162 valence electrons. The number of nitrogens with zero attached hydrogens (tertiary/aromatic N) is 2. The molecule has 0 saturated carbocycles. The predicted molar refractivity (Wildman–Crippen MR) is 110 cm³/mol. The number of sulfonamides is 1. The Morgan fingerprint density at radius 3 is 2.58 bits per heavy atom.